The van der Waals surface area contributed by atoms with E-state index in [0.717, 1.165) is 16.7 Å². The fraction of sp³-hybridized carbons (Fsp3) is 0.222. The van der Waals surface area contributed by atoms with Crippen LogP contribution in [0.1, 0.15) is 29.3 Å². The number of hydrogen-bond acceptors (Lipinski definition) is 3. The summed E-state index contributed by atoms with van der Waals surface area (Å²) in [6, 6.07) is 15.3. The topological polar surface area (TPSA) is 43.4 Å². The zero-order valence-corrected chi connectivity index (χ0v) is 12.3. The van der Waals surface area contributed by atoms with E-state index in [0.29, 0.717) is 5.56 Å². The third-order valence-corrected chi connectivity index (χ3v) is 3.17. The standard InChI is InChI=1S/C18H18O3/c1-3-21-18(20)12-17(19)16-10-5-4-9-15(16)14-8-6-7-13(2)11-14/h4-11H,3,12H2,1-2H3. The van der Waals surface area contributed by atoms with Crippen molar-refractivity contribution in [2.75, 3.05) is 6.61 Å². The number of carbonyl (C=O) groups is 2. The van der Waals surface area contributed by atoms with Crippen LogP contribution in [0.3, 0.4) is 0 Å². The molecule has 2 aromatic rings. The summed E-state index contributed by atoms with van der Waals surface area (Å²) in [5, 5.41) is 0. The van der Waals surface area contributed by atoms with Crippen molar-refractivity contribution in [1.82, 2.24) is 0 Å². The molecule has 0 aliphatic rings. The van der Waals surface area contributed by atoms with Crippen LogP contribution in [-0.2, 0) is 9.53 Å². The van der Waals surface area contributed by atoms with Gasteiger partial charge in [-0.1, -0.05) is 54.1 Å². The molecule has 21 heavy (non-hydrogen) atoms. The number of Topliss-reactive ketones (excluding diaryl/α,β-unsaturated/α-hetero) is 1. The van der Waals surface area contributed by atoms with Crippen molar-refractivity contribution in [2.45, 2.75) is 20.3 Å². The van der Waals surface area contributed by atoms with E-state index in [-0.39, 0.29) is 18.8 Å². The van der Waals surface area contributed by atoms with Crippen molar-refractivity contribution in [2.24, 2.45) is 0 Å². The predicted octanol–water partition coefficient (Wildman–Crippen LogP) is 3.80. The lowest BCUT2D eigenvalue weighted by Crippen LogP contribution is -2.12. The van der Waals surface area contributed by atoms with Crippen LogP contribution in [0.4, 0.5) is 0 Å². The zero-order chi connectivity index (χ0) is 15.2. The molecule has 0 bridgehead atoms. The molecule has 3 nitrogen and oxygen atoms in total. The van der Waals surface area contributed by atoms with Gasteiger partial charge in [0.2, 0.25) is 0 Å². The van der Waals surface area contributed by atoms with Gasteiger partial charge >= 0.3 is 5.97 Å². The zero-order valence-electron chi connectivity index (χ0n) is 12.3. The molecule has 0 heterocycles. The second-order valence-corrected chi connectivity index (χ2v) is 4.82. The Morgan fingerprint density at radius 3 is 2.52 bits per heavy atom. The number of ketones is 1. The van der Waals surface area contributed by atoms with Crippen molar-refractivity contribution in [3.05, 3.63) is 59.7 Å². The average Bonchev–Trinajstić information content (AvgIpc) is 2.47. The van der Waals surface area contributed by atoms with Gasteiger partial charge in [0.25, 0.3) is 0 Å². The minimum absolute atomic E-state index is 0.217. The van der Waals surface area contributed by atoms with Gasteiger partial charge in [-0.15, -0.1) is 0 Å². The van der Waals surface area contributed by atoms with Crippen molar-refractivity contribution in [3.63, 3.8) is 0 Å². The third-order valence-electron chi connectivity index (χ3n) is 3.17. The fourth-order valence-electron chi connectivity index (χ4n) is 2.23. The van der Waals surface area contributed by atoms with Gasteiger partial charge in [0.05, 0.1) is 6.61 Å². The highest BCUT2D eigenvalue weighted by atomic mass is 16.5. The van der Waals surface area contributed by atoms with Gasteiger partial charge < -0.3 is 4.74 Å². The smallest absolute Gasteiger partial charge is 0.313 e. The Bertz CT molecular complexity index is 659. The highest BCUT2D eigenvalue weighted by Gasteiger charge is 2.16. The molecule has 0 aliphatic heterocycles. The van der Waals surface area contributed by atoms with Gasteiger partial charge in [0, 0.05) is 5.56 Å². The number of rotatable bonds is 5. The molecule has 2 rings (SSSR count). The van der Waals surface area contributed by atoms with Crippen LogP contribution in [0.2, 0.25) is 0 Å². The number of ether oxygens (including phenoxy) is 1. The first kappa shape index (κ1) is 15.0. The highest BCUT2D eigenvalue weighted by Crippen LogP contribution is 2.25. The van der Waals surface area contributed by atoms with E-state index in [2.05, 4.69) is 0 Å². The summed E-state index contributed by atoms with van der Waals surface area (Å²) in [7, 11) is 0. The lowest BCUT2D eigenvalue weighted by Gasteiger charge is -2.09. The molecule has 108 valence electrons. The Kier molecular flexibility index (Phi) is 4.88. The van der Waals surface area contributed by atoms with E-state index in [1.165, 1.54) is 0 Å². The second-order valence-electron chi connectivity index (χ2n) is 4.82. The van der Waals surface area contributed by atoms with E-state index in [1.54, 1.807) is 19.1 Å². The molecule has 0 atom stereocenters. The number of hydrogen-bond donors (Lipinski definition) is 0. The third kappa shape index (κ3) is 3.78. The van der Waals surface area contributed by atoms with Crippen LogP contribution < -0.4 is 0 Å². The molecule has 0 aromatic heterocycles. The summed E-state index contributed by atoms with van der Waals surface area (Å²) in [4.78, 5) is 23.8. The largest absolute Gasteiger partial charge is 0.466 e. The Labute approximate surface area is 124 Å². The van der Waals surface area contributed by atoms with Gasteiger partial charge in [0.1, 0.15) is 6.42 Å². The Balaban J connectivity index is 2.33. The van der Waals surface area contributed by atoms with Crippen LogP contribution in [0.15, 0.2) is 48.5 Å². The fourth-order valence-corrected chi connectivity index (χ4v) is 2.23. The molecule has 0 saturated heterocycles. The van der Waals surface area contributed by atoms with Gasteiger partial charge in [-0.05, 0) is 25.0 Å². The Hall–Kier alpha value is -2.42. The van der Waals surface area contributed by atoms with Crippen LogP contribution in [0.5, 0.6) is 0 Å². The van der Waals surface area contributed by atoms with Gasteiger partial charge in [-0.2, -0.15) is 0 Å². The summed E-state index contributed by atoms with van der Waals surface area (Å²) in [6.45, 7) is 4.02. The first-order valence-electron chi connectivity index (χ1n) is 6.96. The van der Waals surface area contributed by atoms with E-state index < -0.39 is 5.97 Å². The van der Waals surface area contributed by atoms with E-state index in [1.807, 2.05) is 43.3 Å². The maximum absolute atomic E-state index is 12.3. The minimum atomic E-state index is -0.485. The molecule has 0 fully saturated rings. The van der Waals surface area contributed by atoms with E-state index >= 15 is 0 Å². The van der Waals surface area contributed by atoms with Crippen LogP contribution in [0, 0.1) is 6.92 Å². The predicted molar refractivity (Wildman–Crippen MR) is 82.2 cm³/mol. The molecule has 0 amide bonds. The number of esters is 1. The number of benzene rings is 2. The van der Waals surface area contributed by atoms with Gasteiger partial charge in [-0.3, -0.25) is 9.59 Å². The summed E-state index contributed by atoms with van der Waals surface area (Å²) in [5.74, 6) is -0.702. The molecular weight excluding hydrogens is 264 g/mol. The lowest BCUT2D eigenvalue weighted by atomic mass is 9.95. The van der Waals surface area contributed by atoms with Crippen LogP contribution in [-0.4, -0.2) is 18.4 Å². The van der Waals surface area contributed by atoms with Crippen molar-refractivity contribution in [3.8, 4) is 11.1 Å². The van der Waals surface area contributed by atoms with Crippen LogP contribution in [0.25, 0.3) is 11.1 Å². The highest BCUT2D eigenvalue weighted by molar-refractivity contribution is 6.09. The normalized spacial score (nSPS) is 10.2. The summed E-state index contributed by atoms with van der Waals surface area (Å²) in [6.07, 6.45) is -0.226. The molecule has 0 saturated carbocycles. The maximum Gasteiger partial charge on any atom is 0.313 e. The molecule has 0 spiro atoms. The minimum Gasteiger partial charge on any atom is -0.466 e. The monoisotopic (exact) mass is 282 g/mol. The molecule has 2 aromatic carbocycles. The molecule has 0 unspecified atom stereocenters. The first-order chi connectivity index (χ1) is 10.1. The molecular formula is C18H18O3. The number of aryl methyl sites for hydroxylation is 1. The SMILES string of the molecule is CCOC(=O)CC(=O)c1ccccc1-c1cccc(C)c1. The molecule has 0 aliphatic carbocycles. The lowest BCUT2D eigenvalue weighted by molar-refractivity contribution is -0.141. The summed E-state index contributed by atoms with van der Waals surface area (Å²) < 4.78 is 4.84. The average molecular weight is 282 g/mol. The van der Waals surface area contributed by atoms with E-state index in [4.69, 9.17) is 4.74 Å². The van der Waals surface area contributed by atoms with Crippen LogP contribution >= 0.6 is 0 Å². The second kappa shape index (κ2) is 6.84. The quantitative estimate of drug-likeness (QED) is 0.476. The first-order valence-corrected chi connectivity index (χ1v) is 6.96. The molecule has 0 radical (unpaired) electrons. The van der Waals surface area contributed by atoms with Gasteiger partial charge in [0.15, 0.2) is 5.78 Å². The summed E-state index contributed by atoms with van der Waals surface area (Å²) in [5.41, 5.74) is 3.50. The van der Waals surface area contributed by atoms with Gasteiger partial charge in [-0.25, -0.2) is 0 Å². The van der Waals surface area contributed by atoms with Crippen molar-refractivity contribution in [1.29, 1.82) is 0 Å². The van der Waals surface area contributed by atoms with Crippen molar-refractivity contribution < 1.29 is 14.3 Å². The van der Waals surface area contributed by atoms with Crippen molar-refractivity contribution >= 4 is 11.8 Å². The summed E-state index contributed by atoms with van der Waals surface area (Å²) >= 11 is 0. The molecule has 3 heteroatoms. The Morgan fingerprint density at radius 1 is 1.05 bits per heavy atom. The maximum atomic E-state index is 12.3. The molecule has 0 N–H and O–H groups in total. The number of carbonyl (C=O) groups excluding carboxylic acids is 2. The van der Waals surface area contributed by atoms with E-state index in [9.17, 15) is 9.59 Å². The Morgan fingerprint density at radius 2 is 1.81 bits per heavy atom.